The highest BCUT2D eigenvalue weighted by atomic mass is 35.5. The van der Waals surface area contributed by atoms with E-state index < -0.39 is 10.0 Å². The van der Waals surface area contributed by atoms with Gasteiger partial charge in [-0.25, -0.2) is 13.4 Å². The second-order valence-corrected chi connectivity index (χ2v) is 9.80. The molecule has 27 heavy (non-hydrogen) atoms. The van der Waals surface area contributed by atoms with E-state index in [0.29, 0.717) is 29.8 Å². The highest BCUT2D eigenvalue weighted by Crippen LogP contribution is 2.25. The van der Waals surface area contributed by atoms with Gasteiger partial charge in [-0.3, -0.25) is 4.57 Å². The van der Waals surface area contributed by atoms with Crippen LogP contribution in [0.1, 0.15) is 20.3 Å². The van der Waals surface area contributed by atoms with E-state index in [9.17, 15) is 8.42 Å². The van der Waals surface area contributed by atoms with Gasteiger partial charge < -0.3 is 4.90 Å². The topological polar surface area (TPSA) is 58.4 Å². The summed E-state index contributed by atoms with van der Waals surface area (Å²) in [4.78, 5) is 6.56. The van der Waals surface area contributed by atoms with Gasteiger partial charge in [0.25, 0.3) is 0 Å². The molecule has 0 amide bonds. The summed E-state index contributed by atoms with van der Waals surface area (Å²) in [7, 11) is -3.52. The number of halogens is 2. The molecule has 9 heteroatoms. The molecule has 0 atom stereocenters. The van der Waals surface area contributed by atoms with Crippen molar-refractivity contribution < 1.29 is 8.42 Å². The molecule has 1 fully saturated rings. The van der Waals surface area contributed by atoms with Crippen molar-refractivity contribution in [3.8, 4) is 5.69 Å². The molecule has 2 aromatic rings. The lowest BCUT2D eigenvalue weighted by Crippen LogP contribution is -2.36. The molecule has 0 radical (unpaired) electrons. The normalized spacial score (nSPS) is 17.4. The molecule has 0 N–H and O–H groups in total. The van der Waals surface area contributed by atoms with Crippen molar-refractivity contribution >= 4 is 33.2 Å². The van der Waals surface area contributed by atoms with Crippen molar-refractivity contribution in [1.29, 1.82) is 0 Å². The fourth-order valence-electron chi connectivity index (χ4n) is 3.31. The third kappa shape index (κ3) is 4.66. The third-order valence-corrected chi connectivity index (χ3v) is 7.24. The van der Waals surface area contributed by atoms with Gasteiger partial charge in [-0.05, 0) is 43.1 Å². The minimum Gasteiger partial charge on any atom is -0.302 e. The van der Waals surface area contributed by atoms with Crippen molar-refractivity contribution in [2.75, 3.05) is 32.7 Å². The maximum atomic E-state index is 13.0. The Balaban J connectivity index is 1.76. The summed E-state index contributed by atoms with van der Waals surface area (Å²) in [6, 6.07) is 6.62. The Labute approximate surface area is 170 Å². The molecule has 0 bridgehead atoms. The molecule has 1 aromatic heterocycles. The summed E-state index contributed by atoms with van der Waals surface area (Å²) in [6.45, 7) is 8.11. The lowest BCUT2D eigenvalue weighted by atomic mass is 10.2. The van der Waals surface area contributed by atoms with Crippen LogP contribution < -0.4 is 0 Å². The molecule has 0 spiro atoms. The Bertz CT molecular complexity index is 881. The van der Waals surface area contributed by atoms with Gasteiger partial charge in [-0.15, -0.1) is 0 Å². The predicted octanol–water partition coefficient (Wildman–Crippen LogP) is 3.53. The molecule has 2 heterocycles. The van der Waals surface area contributed by atoms with E-state index in [2.05, 4.69) is 23.7 Å². The molecule has 1 aliphatic heterocycles. The Kier molecular flexibility index (Phi) is 6.48. The minimum absolute atomic E-state index is 0.212. The van der Waals surface area contributed by atoms with Crippen molar-refractivity contribution in [2.24, 2.45) is 5.92 Å². The van der Waals surface area contributed by atoms with Gasteiger partial charge in [0.05, 0.1) is 4.90 Å². The van der Waals surface area contributed by atoms with Crippen LogP contribution in [0, 0.1) is 5.92 Å². The number of aromatic nitrogens is 2. The molecular weight excluding hydrogens is 407 g/mol. The van der Waals surface area contributed by atoms with E-state index in [1.165, 1.54) is 6.33 Å². The zero-order chi connectivity index (χ0) is 19.6. The minimum atomic E-state index is -3.52. The number of hydrogen-bond donors (Lipinski definition) is 0. The van der Waals surface area contributed by atoms with Gasteiger partial charge in [-0.1, -0.05) is 37.0 Å². The van der Waals surface area contributed by atoms with Gasteiger partial charge in [0.15, 0.2) is 10.3 Å². The second-order valence-electron chi connectivity index (χ2n) is 7.14. The molecule has 1 aliphatic rings. The standard InChI is InChI=1S/C18H24Cl2N4O2S/c1-14(2)12-22-8-3-9-23(11-10-22)27(25,26)16-6-4-15(5-7-16)24-13-21-17(19)18(24)20/h4-7,13-14H,3,8-12H2,1-2H3. The van der Waals surface area contributed by atoms with E-state index in [4.69, 9.17) is 23.2 Å². The first-order valence-electron chi connectivity index (χ1n) is 9.00. The number of rotatable bonds is 5. The van der Waals surface area contributed by atoms with Gasteiger partial charge in [0.2, 0.25) is 10.0 Å². The van der Waals surface area contributed by atoms with Crippen LogP contribution in [0.25, 0.3) is 5.69 Å². The maximum absolute atomic E-state index is 13.0. The summed E-state index contributed by atoms with van der Waals surface area (Å²) >= 11 is 12.0. The average Bonchev–Trinajstić information content (AvgIpc) is 2.82. The van der Waals surface area contributed by atoms with E-state index in [0.717, 1.165) is 26.1 Å². The van der Waals surface area contributed by atoms with Crippen molar-refractivity contribution in [1.82, 2.24) is 18.8 Å². The van der Waals surface area contributed by atoms with E-state index in [1.807, 2.05) is 0 Å². The molecule has 0 saturated carbocycles. The monoisotopic (exact) mass is 430 g/mol. The molecule has 0 aliphatic carbocycles. The predicted molar refractivity (Wildman–Crippen MR) is 108 cm³/mol. The molecular formula is C18H24Cl2N4O2S. The smallest absolute Gasteiger partial charge is 0.243 e. The summed E-state index contributed by atoms with van der Waals surface area (Å²) in [5, 5.41) is 0.508. The number of nitrogens with zero attached hydrogens (tertiary/aromatic N) is 4. The second kappa shape index (κ2) is 8.49. The van der Waals surface area contributed by atoms with Crippen LogP contribution in [0.3, 0.4) is 0 Å². The number of sulfonamides is 1. The molecule has 1 aromatic carbocycles. The molecule has 3 rings (SSSR count). The van der Waals surface area contributed by atoms with Gasteiger partial charge in [-0.2, -0.15) is 4.31 Å². The highest BCUT2D eigenvalue weighted by molar-refractivity contribution is 7.89. The van der Waals surface area contributed by atoms with Crippen LogP contribution in [0.2, 0.25) is 10.3 Å². The zero-order valence-electron chi connectivity index (χ0n) is 15.5. The fraction of sp³-hybridized carbons (Fsp3) is 0.500. The maximum Gasteiger partial charge on any atom is 0.243 e. The molecule has 0 unspecified atom stereocenters. The Hall–Kier alpha value is -1.12. The van der Waals surface area contributed by atoms with Crippen molar-refractivity contribution in [3.63, 3.8) is 0 Å². The number of benzene rings is 1. The highest BCUT2D eigenvalue weighted by Gasteiger charge is 2.27. The first-order valence-corrected chi connectivity index (χ1v) is 11.2. The molecule has 148 valence electrons. The van der Waals surface area contributed by atoms with E-state index >= 15 is 0 Å². The van der Waals surface area contributed by atoms with Crippen LogP contribution in [0.5, 0.6) is 0 Å². The Morgan fingerprint density at radius 1 is 1.07 bits per heavy atom. The summed E-state index contributed by atoms with van der Waals surface area (Å²) < 4.78 is 29.3. The first kappa shape index (κ1) is 20.6. The van der Waals surface area contributed by atoms with E-state index in [1.54, 1.807) is 33.1 Å². The SMILES string of the molecule is CC(C)CN1CCCN(S(=O)(=O)c2ccc(-n3cnc(Cl)c3Cl)cc2)CC1. The van der Waals surface area contributed by atoms with Crippen LogP contribution in [0.4, 0.5) is 0 Å². The summed E-state index contributed by atoms with van der Waals surface area (Å²) in [5.74, 6) is 0.573. The molecule has 6 nitrogen and oxygen atoms in total. The number of hydrogen-bond acceptors (Lipinski definition) is 4. The van der Waals surface area contributed by atoms with Crippen molar-refractivity contribution in [2.45, 2.75) is 25.2 Å². The van der Waals surface area contributed by atoms with Crippen LogP contribution in [-0.4, -0.2) is 59.9 Å². The lowest BCUT2D eigenvalue weighted by Gasteiger charge is -2.23. The zero-order valence-corrected chi connectivity index (χ0v) is 17.8. The summed E-state index contributed by atoms with van der Waals surface area (Å²) in [6.07, 6.45) is 2.35. The average molecular weight is 431 g/mol. The third-order valence-electron chi connectivity index (χ3n) is 4.59. The Morgan fingerprint density at radius 3 is 2.37 bits per heavy atom. The molecule has 1 saturated heterocycles. The van der Waals surface area contributed by atoms with Crippen LogP contribution in [-0.2, 0) is 10.0 Å². The van der Waals surface area contributed by atoms with Gasteiger partial charge in [0.1, 0.15) is 6.33 Å². The largest absolute Gasteiger partial charge is 0.302 e. The quantitative estimate of drug-likeness (QED) is 0.727. The fourth-order valence-corrected chi connectivity index (χ4v) is 5.10. The van der Waals surface area contributed by atoms with Crippen LogP contribution >= 0.6 is 23.2 Å². The van der Waals surface area contributed by atoms with E-state index in [-0.39, 0.29) is 10.0 Å². The van der Waals surface area contributed by atoms with Gasteiger partial charge in [0, 0.05) is 31.9 Å². The first-order chi connectivity index (χ1) is 12.8. The Morgan fingerprint density at radius 2 is 1.78 bits per heavy atom. The van der Waals surface area contributed by atoms with Crippen molar-refractivity contribution in [3.05, 3.63) is 40.9 Å². The number of imidazole rings is 1. The lowest BCUT2D eigenvalue weighted by molar-refractivity contribution is 0.256. The van der Waals surface area contributed by atoms with Gasteiger partial charge >= 0.3 is 0 Å². The van der Waals surface area contributed by atoms with Crippen LogP contribution in [0.15, 0.2) is 35.5 Å². The summed E-state index contributed by atoms with van der Waals surface area (Å²) in [5.41, 5.74) is 0.706.